The van der Waals surface area contributed by atoms with Crippen LogP contribution in [0.1, 0.15) is 30.1 Å². The van der Waals surface area contributed by atoms with Gasteiger partial charge >= 0.3 is 7.52 Å². The molecule has 1 heterocycles. The van der Waals surface area contributed by atoms with Gasteiger partial charge in [-0.3, -0.25) is 4.57 Å². The molecule has 3 nitrogen and oxygen atoms in total. The molecule has 3 aromatic rings. The van der Waals surface area contributed by atoms with E-state index in [1.165, 1.54) is 11.1 Å². The van der Waals surface area contributed by atoms with E-state index in [9.17, 15) is 4.57 Å². The van der Waals surface area contributed by atoms with E-state index in [2.05, 4.69) is 41.1 Å². The Bertz CT molecular complexity index is 966. The summed E-state index contributed by atoms with van der Waals surface area (Å²) in [6.07, 6.45) is 1.83. The fraction of sp³-hybridized carbons (Fsp3) is 0.217. The third-order valence-corrected chi connectivity index (χ3v) is 8.15. The molecular weight excluding hydrogens is 353 g/mol. The summed E-state index contributed by atoms with van der Waals surface area (Å²) in [4.78, 5) is 0. The van der Waals surface area contributed by atoms with Gasteiger partial charge in [-0.25, -0.2) is 4.67 Å². The van der Waals surface area contributed by atoms with Gasteiger partial charge in [0.2, 0.25) is 0 Å². The van der Waals surface area contributed by atoms with Crippen molar-refractivity contribution >= 4 is 12.8 Å². The van der Waals surface area contributed by atoms with E-state index in [1.807, 2.05) is 42.5 Å². The van der Waals surface area contributed by atoms with Crippen molar-refractivity contribution in [1.82, 2.24) is 4.67 Å². The second-order valence-corrected chi connectivity index (χ2v) is 9.51. The van der Waals surface area contributed by atoms with E-state index in [1.54, 1.807) is 0 Å². The molecule has 136 valence electrons. The minimum Gasteiger partial charge on any atom is -0.301 e. The molecule has 0 radical (unpaired) electrons. The van der Waals surface area contributed by atoms with Crippen LogP contribution < -0.4 is 5.30 Å². The number of hydrogen-bond acceptors (Lipinski definition) is 2. The Labute approximate surface area is 160 Å². The van der Waals surface area contributed by atoms with Crippen molar-refractivity contribution in [1.29, 1.82) is 0 Å². The Morgan fingerprint density at radius 2 is 1.26 bits per heavy atom. The fourth-order valence-corrected chi connectivity index (χ4v) is 6.69. The highest BCUT2D eigenvalue weighted by atomic mass is 31.2. The molecule has 1 fully saturated rings. The van der Waals surface area contributed by atoms with Gasteiger partial charge in [0.05, 0.1) is 5.30 Å². The lowest BCUT2D eigenvalue weighted by atomic mass is 10.1. The van der Waals surface area contributed by atoms with E-state index < -0.39 is 7.52 Å². The zero-order chi connectivity index (χ0) is 18.3. The van der Waals surface area contributed by atoms with Crippen molar-refractivity contribution in [3.8, 4) is 11.1 Å². The lowest BCUT2D eigenvalue weighted by Gasteiger charge is -2.30. The molecule has 1 aliphatic heterocycles. The van der Waals surface area contributed by atoms with Gasteiger partial charge in [0.15, 0.2) is 0 Å². The maximum Gasteiger partial charge on any atom is 0.303 e. The molecule has 0 N–H and O–H groups in total. The van der Waals surface area contributed by atoms with Crippen LogP contribution in [0.5, 0.6) is 0 Å². The maximum atomic E-state index is 14.3. The zero-order valence-electron chi connectivity index (χ0n) is 15.1. The normalized spacial score (nSPS) is 18.8. The number of rotatable bonds is 4. The van der Waals surface area contributed by atoms with Crippen LogP contribution in [0.3, 0.4) is 0 Å². The maximum absolute atomic E-state index is 14.3. The standard InChI is InChI=1S/C23H22NO2P/c25-27(24-16-8-9-17-24,18-10-2-1-3-11-18)26-23-21-14-6-4-12-19(21)20-13-5-7-15-22(20)23/h1-7,10-15,23H,8-9,16-17H2/t27-/m0/s1. The smallest absolute Gasteiger partial charge is 0.301 e. The molecule has 0 bridgehead atoms. The lowest BCUT2D eigenvalue weighted by molar-refractivity contribution is 0.229. The van der Waals surface area contributed by atoms with Gasteiger partial charge in [-0.2, -0.15) is 0 Å². The third-order valence-electron chi connectivity index (χ3n) is 5.56. The summed E-state index contributed by atoms with van der Waals surface area (Å²) in [5, 5.41) is 0.786. The molecule has 27 heavy (non-hydrogen) atoms. The van der Waals surface area contributed by atoms with E-state index in [0.29, 0.717) is 0 Å². The van der Waals surface area contributed by atoms with Gasteiger partial charge in [0, 0.05) is 13.1 Å². The summed E-state index contributed by atoms with van der Waals surface area (Å²) in [6.45, 7) is 1.64. The van der Waals surface area contributed by atoms with Crippen LogP contribution in [0.15, 0.2) is 78.9 Å². The van der Waals surface area contributed by atoms with Crippen LogP contribution in [0, 0.1) is 0 Å². The molecule has 1 aliphatic carbocycles. The monoisotopic (exact) mass is 375 g/mol. The molecule has 1 saturated heterocycles. The molecule has 2 aliphatic rings. The van der Waals surface area contributed by atoms with Crippen molar-refractivity contribution < 1.29 is 9.09 Å². The summed E-state index contributed by atoms with van der Waals surface area (Å²) in [6, 6.07) is 26.3. The molecule has 0 spiro atoms. The number of hydrogen-bond donors (Lipinski definition) is 0. The lowest BCUT2D eigenvalue weighted by Crippen LogP contribution is -2.26. The Balaban J connectivity index is 1.62. The molecule has 0 saturated carbocycles. The first-order valence-electron chi connectivity index (χ1n) is 9.55. The van der Waals surface area contributed by atoms with Gasteiger partial charge in [-0.1, -0.05) is 66.7 Å². The second kappa shape index (κ2) is 6.76. The van der Waals surface area contributed by atoms with Crippen molar-refractivity contribution in [3.63, 3.8) is 0 Å². The van der Waals surface area contributed by atoms with Gasteiger partial charge < -0.3 is 4.52 Å². The molecular formula is C23H22NO2P. The highest BCUT2D eigenvalue weighted by molar-refractivity contribution is 7.64. The van der Waals surface area contributed by atoms with Gasteiger partial charge in [0.25, 0.3) is 0 Å². The van der Waals surface area contributed by atoms with Crippen LogP contribution in [0.25, 0.3) is 11.1 Å². The van der Waals surface area contributed by atoms with Crippen LogP contribution in [-0.4, -0.2) is 17.8 Å². The SMILES string of the molecule is O=[P@](OC1c2ccccc2-c2ccccc21)(c1ccccc1)N1CCCC1. The van der Waals surface area contributed by atoms with E-state index >= 15 is 0 Å². The minimum absolute atomic E-state index is 0.302. The number of nitrogens with zero attached hydrogens (tertiary/aromatic N) is 1. The molecule has 0 amide bonds. The Kier molecular flexibility index (Phi) is 4.24. The average molecular weight is 375 g/mol. The zero-order valence-corrected chi connectivity index (χ0v) is 16.0. The van der Waals surface area contributed by atoms with Crippen LogP contribution in [0.4, 0.5) is 0 Å². The Morgan fingerprint density at radius 3 is 1.85 bits per heavy atom. The highest BCUT2D eigenvalue weighted by Crippen LogP contribution is 2.58. The molecule has 0 aromatic heterocycles. The van der Waals surface area contributed by atoms with E-state index in [-0.39, 0.29) is 6.10 Å². The second-order valence-electron chi connectivity index (χ2n) is 7.18. The minimum atomic E-state index is -3.15. The molecule has 3 aromatic carbocycles. The van der Waals surface area contributed by atoms with E-state index in [0.717, 1.165) is 42.4 Å². The summed E-state index contributed by atoms with van der Waals surface area (Å²) in [5.74, 6) is 0. The summed E-state index contributed by atoms with van der Waals surface area (Å²) >= 11 is 0. The molecule has 4 heteroatoms. The van der Waals surface area contributed by atoms with Gasteiger partial charge in [-0.05, 0) is 47.2 Å². The number of fused-ring (bicyclic) bond motifs is 3. The summed E-state index contributed by atoms with van der Waals surface area (Å²) in [7, 11) is -3.15. The Morgan fingerprint density at radius 1 is 0.741 bits per heavy atom. The number of benzene rings is 3. The highest BCUT2D eigenvalue weighted by Gasteiger charge is 2.41. The Hall–Kier alpha value is -2.19. The predicted molar refractivity (Wildman–Crippen MR) is 109 cm³/mol. The van der Waals surface area contributed by atoms with E-state index in [4.69, 9.17) is 4.52 Å². The van der Waals surface area contributed by atoms with Crippen molar-refractivity contribution in [3.05, 3.63) is 90.0 Å². The molecule has 1 atom stereocenters. The predicted octanol–water partition coefficient (Wildman–Crippen LogP) is 5.39. The topological polar surface area (TPSA) is 29.5 Å². The van der Waals surface area contributed by atoms with Crippen LogP contribution in [-0.2, 0) is 9.09 Å². The molecule has 0 unspecified atom stereocenters. The van der Waals surface area contributed by atoms with Gasteiger partial charge in [0.1, 0.15) is 6.10 Å². The third kappa shape index (κ3) is 2.78. The van der Waals surface area contributed by atoms with Crippen molar-refractivity contribution in [2.24, 2.45) is 0 Å². The van der Waals surface area contributed by atoms with Crippen molar-refractivity contribution in [2.75, 3.05) is 13.1 Å². The first-order chi connectivity index (χ1) is 13.3. The molecule has 5 rings (SSSR count). The summed E-state index contributed by atoms with van der Waals surface area (Å²) in [5.41, 5.74) is 4.57. The van der Waals surface area contributed by atoms with Crippen molar-refractivity contribution in [2.45, 2.75) is 18.9 Å². The first-order valence-corrected chi connectivity index (χ1v) is 11.1. The average Bonchev–Trinajstić information content (AvgIpc) is 3.37. The summed E-state index contributed by atoms with van der Waals surface area (Å²) < 4.78 is 23.0. The van der Waals surface area contributed by atoms with Gasteiger partial charge in [-0.15, -0.1) is 0 Å². The first kappa shape index (κ1) is 16.9. The van der Waals surface area contributed by atoms with Crippen LogP contribution in [0.2, 0.25) is 0 Å². The van der Waals surface area contributed by atoms with Crippen LogP contribution >= 0.6 is 7.52 Å². The largest absolute Gasteiger partial charge is 0.303 e. The fourth-order valence-electron chi connectivity index (χ4n) is 4.24. The quantitative estimate of drug-likeness (QED) is 0.573.